The van der Waals surface area contributed by atoms with Gasteiger partial charge in [-0.25, -0.2) is 0 Å². The minimum absolute atomic E-state index is 0.0180. The summed E-state index contributed by atoms with van der Waals surface area (Å²) in [4.78, 5) is 0. The molecule has 2 rings (SSSR count). The minimum Gasteiger partial charge on any atom is -0.347 e. The van der Waals surface area contributed by atoms with Crippen LogP contribution in [0.1, 0.15) is 18.9 Å². The van der Waals surface area contributed by atoms with Gasteiger partial charge in [-0.05, 0) is 47.7 Å². The van der Waals surface area contributed by atoms with Crippen LogP contribution in [0.5, 0.6) is 0 Å². The number of hydrogen-bond donors (Lipinski definition) is 1. The van der Waals surface area contributed by atoms with Crippen molar-refractivity contribution < 1.29 is 13.2 Å². The number of alkyl halides is 3. The molecule has 1 atom stereocenters. The van der Waals surface area contributed by atoms with Crippen molar-refractivity contribution in [2.24, 2.45) is 5.73 Å². The third kappa shape index (κ3) is 4.68. The summed E-state index contributed by atoms with van der Waals surface area (Å²) in [5.41, 5.74) is 3.89. The number of halogens is 3. The topological polar surface area (TPSA) is 30.9 Å². The van der Waals surface area contributed by atoms with Gasteiger partial charge >= 0.3 is 5.51 Å². The number of hydrogen-bond acceptors (Lipinski definition) is 2. The minimum atomic E-state index is -4.16. The first kappa shape index (κ1) is 16.2. The van der Waals surface area contributed by atoms with Gasteiger partial charge in [0, 0.05) is 30.1 Å². The van der Waals surface area contributed by atoms with Gasteiger partial charge in [-0.3, -0.25) is 0 Å². The number of fused-ring (bicyclic) bond motifs is 1. The van der Waals surface area contributed by atoms with Gasteiger partial charge in [-0.2, -0.15) is 13.2 Å². The van der Waals surface area contributed by atoms with Crippen molar-refractivity contribution in [1.29, 1.82) is 0 Å². The molecule has 2 nitrogen and oxygen atoms in total. The van der Waals surface area contributed by atoms with Gasteiger partial charge in [0.2, 0.25) is 0 Å². The second-order valence-electron chi connectivity index (χ2n) is 5.07. The highest BCUT2D eigenvalue weighted by Crippen LogP contribution is 2.30. The number of nitrogens with two attached hydrogens (primary N) is 1. The Kier molecular flexibility index (Phi) is 5.22. The zero-order valence-corrected chi connectivity index (χ0v) is 12.7. The first-order chi connectivity index (χ1) is 9.89. The summed E-state index contributed by atoms with van der Waals surface area (Å²) in [5, 5.41) is 1.04. The molecule has 0 saturated heterocycles. The summed E-state index contributed by atoms with van der Waals surface area (Å²) in [7, 11) is 0. The van der Waals surface area contributed by atoms with Crippen molar-refractivity contribution in [2.75, 3.05) is 5.75 Å². The highest BCUT2D eigenvalue weighted by atomic mass is 32.2. The number of aromatic nitrogens is 1. The summed E-state index contributed by atoms with van der Waals surface area (Å²) >= 11 is 0.0180. The predicted molar refractivity (Wildman–Crippen MR) is 82.4 cm³/mol. The van der Waals surface area contributed by atoms with Crippen molar-refractivity contribution in [3.63, 3.8) is 0 Å². The Labute approximate surface area is 126 Å². The quantitative estimate of drug-likeness (QED) is 0.867. The van der Waals surface area contributed by atoms with E-state index in [1.54, 1.807) is 0 Å². The molecule has 1 unspecified atom stereocenters. The van der Waals surface area contributed by atoms with Gasteiger partial charge in [0.1, 0.15) is 0 Å². The standard InChI is InChI=1S/C15H19F3N2S/c1-2-13(19)9-11-3-4-12-5-6-20(14(12)10-11)7-8-21-15(16,17)18/h3-6,10,13H,2,7-9,19H2,1H3. The van der Waals surface area contributed by atoms with Gasteiger partial charge in [-0.1, -0.05) is 19.1 Å². The Bertz CT molecular complexity index is 592. The van der Waals surface area contributed by atoms with Crippen LogP contribution in [-0.2, 0) is 13.0 Å². The molecule has 0 bridgehead atoms. The first-order valence-corrected chi connectivity index (χ1v) is 7.91. The van der Waals surface area contributed by atoms with Crippen LogP contribution in [-0.4, -0.2) is 21.9 Å². The van der Waals surface area contributed by atoms with Crippen LogP contribution in [0, 0.1) is 0 Å². The molecule has 0 saturated carbocycles. The van der Waals surface area contributed by atoms with Gasteiger partial charge in [0.15, 0.2) is 0 Å². The fourth-order valence-corrected chi connectivity index (χ4v) is 2.78. The number of rotatable bonds is 6. The fourth-order valence-electron chi connectivity index (χ4n) is 2.26. The maximum absolute atomic E-state index is 12.2. The Hall–Kier alpha value is -1.14. The lowest BCUT2D eigenvalue weighted by Crippen LogP contribution is -2.21. The van der Waals surface area contributed by atoms with Crippen molar-refractivity contribution in [1.82, 2.24) is 4.57 Å². The zero-order chi connectivity index (χ0) is 15.5. The molecule has 6 heteroatoms. The highest BCUT2D eigenvalue weighted by molar-refractivity contribution is 8.00. The molecular formula is C15H19F3N2S. The molecule has 0 spiro atoms. The number of thioether (sulfide) groups is 1. The zero-order valence-electron chi connectivity index (χ0n) is 11.9. The van der Waals surface area contributed by atoms with E-state index >= 15 is 0 Å². The molecule has 21 heavy (non-hydrogen) atoms. The van der Waals surface area contributed by atoms with E-state index in [9.17, 15) is 13.2 Å². The normalized spacial score (nSPS) is 13.8. The maximum atomic E-state index is 12.2. The van der Waals surface area contributed by atoms with E-state index in [2.05, 4.69) is 0 Å². The van der Waals surface area contributed by atoms with Crippen LogP contribution in [0.3, 0.4) is 0 Å². The molecule has 1 aromatic carbocycles. The van der Waals surface area contributed by atoms with Crippen LogP contribution in [0.25, 0.3) is 10.9 Å². The van der Waals surface area contributed by atoms with Crippen molar-refractivity contribution in [3.05, 3.63) is 36.0 Å². The predicted octanol–water partition coefficient (Wildman–Crippen LogP) is 4.17. The Balaban J connectivity index is 2.11. The second kappa shape index (κ2) is 6.75. The van der Waals surface area contributed by atoms with Gasteiger partial charge in [0.25, 0.3) is 0 Å². The highest BCUT2D eigenvalue weighted by Gasteiger charge is 2.27. The van der Waals surface area contributed by atoms with Crippen LogP contribution in [0.2, 0.25) is 0 Å². The van der Waals surface area contributed by atoms with Gasteiger partial charge in [0.05, 0.1) is 0 Å². The molecule has 0 aliphatic carbocycles. The van der Waals surface area contributed by atoms with E-state index in [-0.39, 0.29) is 23.6 Å². The molecule has 116 valence electrons. The molecular weight excluding hydrogens is 297 g/mol. The van der Waals surface area contributed by atoms with E-state index in [0.29, 0.717) is 6.54 Å². The Morgan fingerprint density at radius 3 is 2.71 bits per heavy atom. The summed E-state index contributed by atoms with van der Waals surface area (Å²) < 4.78 is 38.4. The summed E-state index contributed by atoms with van der Waals surface area (Å²) in [6.07, 6.45) is 3.53. The number of nitrogens with zero attached hydrogens (tertiary/aromatic N) is 1. The molecule has 0 amide bonds. The molecule has 0 aliphatic rings. The maximum Gasteiger partial charge on any atom is 0.441 e. The number of aryl methyl sites for hydroxylation is 1. The van der Waals surface area contributed by atoms with Gasteiger partial charge < -0.3 is 10.3 Å². The fraction of sp³-hybridized carbons (Fsp3) is 0.467. The SMILES string of the molecule is CCC(N)Cc1ccc2ccn(CCSC(F)(F)F)c2c1. The van der Waals surface area contributed by atoms with Crippen LogP contribution in [0.4, 0.5) is 13.2 Å². The van der Waals surface area contributed by atoms with Crippen LogP contribution >= 0.6 is 11.8 Å². The third-order valence-electron chi connectivity index (χ3n) is 3.46. The number of benzene rings is 1. The monoisotopic (exact) mass is 316 g/mol. The summed E-state index contributed by atoms with van der Waals surface area (Å²) in [6, 6.07) is 8.11. The summed E-state index contributed by atoms with van der Waals surface area (Å²) in [6.45, 7) is 2.39. The average molecular weight is 316 g/mol. The Morgan fingerprint density at radius 2 is 2.05 bits per heavy atom. The van der Waals surface area contributed by atoms with Gasteiger partial charge in [-0.15, -0.1) is 0 Å². The van der Waals surface area contributed by atoms with E-state index in [1.165, 1.54) is 0 Å². The molecule has 1 heterocycles. The van der Waals surface area contributed by atoms with Crippen molar-refractivity contribution in [2.45, 2.75) is 37.9 Å². The molecule has 2 aromatic rings. The van der Waals surface area contributed by atoms with E-state index in [1.807, 2.05) is 42.0 Å². The van der Waals surface area contributed by atoms with E-state index in [4.69, 9.17) is 5.73 Å². The molecule has 0 fully saturated rings. The van der Waals surface area contributed by atoms with E-state index < -0.39 is 5.51 Å². The first-order valence-electron chi connectivity index (χ1n) is 6.93. The lowest BCUT2D eigenvalue weighted by atomic mass is 10.0. The van der Waals surface area contributed by atoms with Crippen LogP contribution in [0.15, 0.2) is 30.5 Å². The third-order valence-corrected chi connectivity index (χ3v) is 4.17. The van der Waals surface area contributed by atoms with Crippen molar-refractivity contribution in [3.8, 4) is 0 Å². The smallest absolute Gasteiger partial charge is 0.347 e. The van der Waals surface area contributed by atoms with Crippen molar-refractivity contribution >= 4 is 22.7 Å². The lowest BCUT2D eigenvalue weighted by Gasteiger charge is -2.11. The lowest BCUT2D eigenvalue weighted by molar-refractivity contribution is -0.0328. The second-order valence-corrected chi connectivity index (χ2v) is 6.23. The van der Waals surface area contributed by atoms with Crippen LogP contribution < -0.4 is 5.73 Å². The summed E-state index contributed by atoms with van der Waals surface area (Å²) in [5.74, 6) is 0.0198. The molecule has 0 radical (unpaired) electrons. The molecule has 1 aromatic heterocycles. The molecule has 2 N–H and O–H groups in total. The molecule has 0 aliphatic heterocycles. The Morgan fingerprint density at radius 1 is 1.29 bits per heavy atom. The van der Waals surface area contributed by atoms with E-state index in [0.717, 1.165) is 29.3 Å². The largest absolute Gasteiger partial charge is 0.441 e. The average Bonchev–Trinajstić information content (AvgIpc) is 2.80.